The Hall–Kier alpha value is -1.46. The Morgan fingerprint density at radius 1 is 1.29 bits per heavy atom. The third-order valence-corrected chi connectivity index (χ3v) is 3.32. The predicted octanol–water partition coefficient (Wildman–Crippen LogP) is 0.406. The highest BCUT2D eigenvalue weighted by Gasteiger charge is 2.11. The van der Waals surface area contributed by atoms with Crippen molar-refractivity contribution in [3.05, 3.63) is 24.2 Å². The molecular weight excluding hydrogens is 214 g/mol. The minimum Gasteiger partial charge on any atom is -0.314 e. The van der Waals surface area contributed by atoms with Crippen LogP contribution >= 0.6 is 0 Å². The van der Waals surface area contributed by atoms with Crippen LogP contribution in [0.4, 0.5) is 0 Å². The van der Waals surface area contributed by atoms with Gasteiger partial charge in [-0.2, -0.15) is 5.10 Å². The van der Waals surface area contributed by atoms with E-state index >= 15 is 0 Å². The highest BCUT2D eigenvalue weighted by molar-refractivity contribution is 5.79. The molecule has 5 heteroatoms. The number of rotatable bonds is 3. The van der Waals surface area contributed by atoms with E-state index in [1.807, 2.05) is 12.3 Å². The molecular formula is C12H17N5. The van der Waals surface area contributed by atoms with E-state index in [0.717, 1.165) is 50.0 Å². The van der Waals surface area contributed by atoms with Gasteiger partial charge in [-0.15, -0.1) is 0 Å². The summed E-state index contributed by atoms with van der Waals surface area (Å²) >= 11 is 0. The fraction of sp³-hybridized carbons (Fsp3) is 0.500. The highest BCUT2D eigenvalue weighted by Crippen LogP contribution is 2.14. The molecule has 1 aliphatic rings. The molecule has 2 aromatic heterocycles. The van der Waals surface area contributed by atoms with Crippen LogP contribution in [0.1, 0.15) is 5.69 Å². The largest absolute Gasteiger partial charge is 0.314 e. The van der Waals surface area contributed by atoms with Gasteiger partial charge in [0, 0.05) is 62.6 Å². The maximum atomic E-state index is 4.29. The number of aromatic nitrogens is 3. The molecule has 0 spiro atoms. The second-order valence-electron chi connectivity index (χ2n) is 4.44. The molecule has 0 atom stereocenters. The van der Waals surface area contributed by atoms with Crippen LogP contribution in [-0.4, -0.2) is 52.8 Å². The van der Waals surface area contributed by atoms with Gasteiger partial charge in [-0.05, 0) is 6.07 Å². The fourth-order valence-corrected chi connectivity index (χ4v) is 2.30. The molecule has 17 heavy (non-hydrogen) atoms. The van der Waals surface area contributed by atoms with Crippen LogP contribution in [0.5, 0.6) is 0 Å². The molecule has 1 aliphatic heterocycles. The lowest BCUT2D eigenvalue weighted by atomic mass is 10.2. The van der Waals surface area contributed by atoms with Gasteiger partial charge in [0.05, 0.1) is 5.52 Å². The maximum absolute atomic E-state index is 4.29. The van der Waals surface area contributed by atoms with Crippen LogP contribution < -0.4 is 5.32 Å². The van der Waals surface area contributed by atoms with E-state index in [-0.39, 0.29) is 0 Å². The first-order valence-corrected chi connectivity index (χ1v) is 6.13. The van der Waals surface area contributed by atoms with Crippen molar-refractivity contribution >= 4 is 10.9 Å². The van der Waals surface area contributed by atoms with Crippen LogP contribution in [-0.2, 0) is 6.42 Å². The smallest absolute Gasteiger partial charge is 0.0954 e. The molecule has 0 saturated carbocycles. The number of H-pyrrole nitrogens is 1. The minimum atomic E-state index is 1.01. The average molecular weight is 231 g/mol. The Balaban J connectivity index is 1.68. The Labute approximate surface area is 100 Å². The number of piperazine rings is 1. The molecule has 90 valence electrons. The highest BCUT2D eigenvalue weighted by atomic mass is 15.2. The van der Waals surface area contributed by atoms with Gasteiger partial charge in [-0.25, -0.2) is 0 Å². The number of nitrogens with one attached hydrogen (secondary N) is 2. The minimum absolute atomic E-state index is 1.01. The van der Waals surface area contributed by atoms with E-state index in [1.54, 1.807) is 6.20 Å². The number of aromatic amines is 1. The Morgan fingerprint density at radius 3 is 3.06 bits per heavy atom. The van der Waals surface area contributed by atoms with Crippen LogP contribution in [0.2, 0.25) is 0 Å². The van der Waals surface area contributed by atoms with Gasteiger partial charge in [0.25, 0.3) is 0 Å². The summed E-state index contributed by atoms with van der Waals surface area (Å²) in [5.74, 6) is 0. The Morgan fingerprint density at radius 2 is 2.18 bits per heavy atom. The molecule has 0 bridgehead atoms. The molecule has 2 aromatic rings. The molecule has 0 radical (unpaired) electrons. The van der Waals surface area contributed by atoms with Gasteiger partial charge in [0.2, 0.25) is 0 Å². The summed E-state index contributed by atoms with van der Waals surface area (Å²) in [6.07, 6.45) is 4.69. The second kappa shape index (κ2) is 4.81. The average Bonchev–Trinajstić information content (AvgIpc) is 2.81. The van der Waals surface area contributed by atoms with Crippen molar-refractivity contribution in [1.29, 1.82) is 0 Å². The summed E-state index contributed by atoms with van der Waals surface area (Å²) in [6.45, 7) is 5.58. The summed E-state index contributed by atoms with van der Waals surface area (Å²) < 4.78 is 0. The molecule has 1 fully saturated rings. The Kier molecular flexibility index (Phi) is 3.02. The summed E-state index contributed by atoms with van der Waals surface area (Å²) in [5, 5.41) is 11.9. The molecule has 0 amide bonds. The summed E-state index contributed by atoms with van der Waals surface area (Å²) in [5.41, 5.74) is 2.21. The SMILES string of the molecule is c1cc2n[nH]c(CCN3CCNCC3)c2cn1. The molecule has 5 nitrogen and oxygen atoms in total. The first-order chi connectivity index (χ1) is 8.43. The van der Waals surface area contributed by atoms with Crippen LogP contribution in [0, 0.1) is 0 Å². The van der Waals surface area contributed by atoms with E-state index < -0.39 is 0 Å². The van der Waals surface area contributed by atoms with Crippen molar-refractivity contribution in [3.63, 3.8) is 0 Å². The lowest BCUT2D eigenvalue weighted by molar-refractivity contribution is 0.243. The molecule has 3 rings (SSSR count). The number of pyridine rings is 1. The number of fused-ring (bicyclic) bond motifs is 1. The molecule has 3 heterocycles. The maximum Gasteiger partial charge on any atom is 0.0954 e. The lowest BCUT2D eigenvalue weighted by Crippen LogP contribution is -2.44. The van der Waals surface area contributed by atoms with Crippen molar-refractivity contribution in [1.82, 2.24) is 25.4 Å². The molecule has 0 aromatic carbocycles. The van der Waals surface area contributed by atoms with Gasteiger partial charge in [0.15, 0.2) is 0 Å². The lowest BCUT2D eigenvalue weighted by Gasteiger charge is -2.26. The fourth-order valence-electron chi connectivity index (χ4n) is 2.30. The van der Waals surface area contributed by atoms with Crippen molar-refractivity contribution < 1.29 is 0 Å². The Bertz CT molecular complexity index is 486. The van der Waals surface area contributed by atoms with Crippen molar-refractivity contribution in [2.24, 2.45) is 0 Å². The van der Waals surface area contributed by atoms with E-state index in [4.69, 9.17) is 0 Å². The first kappa shape index (κ1) is 10.7. The molecule has 2 N–H and O–H groups in total. The van der Waals surface area contributed by atoms with Crippen LogP contribution in [0.3, 0.4) is 0 Å². The van der Waals surface area contributed by atoms with E-state index in [0.29, 0.717) is 0 Å². The quantitative estimate of drug-likeness (QED) is 0.803. The summed E-state index contributed by atoms with van der Waals surface area (Å²) in [4.78, 5) is 6.64. The first-order valence-electron chi connectivity index (χ1n) is 6.13. The van der Waals surface area contributed by atoms with E-state index in [9.17, 15) is 0 Å². The summed E-state index contributed by atoms with van der Waals surface area (Å²) in [7, 11) is 0. The second-order valence-corrected chi connectivity index (χ2v) is 4.44. The summed E-state index contributed by atoms with van der Waals surface area (Å²) in [6, 6.07) is 1.94. The number of nitrogens with zero attached hydrogens (tertiary/aromatic N) is 3. The normalized spacial score (nSPS) is 17.6. The van der Waals surface area contributed by atoms with Gasteiger partial charge in [-0.3, -0.25) is 10.1 Å². The topological polar surface area (TPSA) is 56.8 Å². The molecule has 0 aliphatic carbocycles. The van der Waals surface area contributed by atoms with Crippen LogP contribution in [0.15, 0.2) is 18.5 Å². The van der Waals surface area contributed by atoms with Crippen molar-refractivity contribution in [2.45, 2.75) is 6.42 Å². The monoisotopic (exact) mass is 231 g/mol. The van der Waals surface area contributed by atoms with Gasteiger partial charge >= 0.3 is 0 Å². The zero-order valence-electron chi connectivity index (χ0n) is 9.82. The van der Waals surface area contributed by atoms with Gasteiger partial charge in [0.1, 0.15) is 0 Å². The van der Waals surface area contributed by atoms with Crippen molar-refractivity contribution in [2.75, 3.05) is 32.7 Å². The van der Waals surface area contributed by atoms with Crippen LogP contribution in [0.25, 0.3) is 10.9 Å². The molecule has 0 unspecified atom stereocenters. The number of hydrogen-bond donors (Lipinski definition) is 2. The predicted molar refractivity (Wildman–Crippen MR) is 66.9 cm³/mol. The third kappa shape index (κ3) is 2.30. The van der Waals surface area contributed by atoms with Gasteiger partial charge in [-0.1, -0.05) is 0 Å². The van der Waals surface area contributed by atoms with E-state index in [2.05, 4.69) is 25.4 Å². The zero-order chi connectivity index (χ0) is 11.5. The van der Waals surface area contributed by atoms with Gasteiger partial charge < -0.3 is 10.2 Å². The zero-order valence-corrected chi connectivity index (χ0v) is 9.82. The number of hydrogen-bond acceptors (Lipinski definition) is 4. The molecule has 1 saturated heterocycles. The van der Waals surface area contributed by atoms with Crippen molar-refractivity contribution in [3.8, 4) is 0 Å². The standard InChI is InChI=1S/C12H17N5/c1-3-14-9-10-11(1)15-16-12(10)2-6-17-7-4-13-5-8-17/h1,3,9,13H,2,4-8H2,(H,15,16). The third-order valence-electron chi connectivity index (χ3n) is 3.32. The van der Waals surface area contributed by atoms with E-state index in [1.165, 1.54) is 5.69 Å².